The lowest BCUT2D eigenvalue weighted by Crippen LogP contribution is -2.38. The van der Waals surface area contributed by atoms with E-state index in [1.807, 2.05) is 18.2 Å². The van der Waals surface area contributed by atoms with Gasteiger partial charge in [-0.05, 0) is 102 Å². The minimum absolute atomic E-state index is 0.0546. The van der Waals surface area contributed by atoms with Crippen molar-refractivity contribution in [1.82, 2.24) is 19.6 Å². The summed E-state index contributed by atoms with van der Waals surface area (Å²) < 4.78 is 56.1. The molecular weight excluding hydrogens is 835 g/mol. The molecule has 3 N–H and O–H groups in total. The largest absolute Gasteiger partial charge is 0.455 e. The number of hydrogen-bond acceptors (Lipinski definition) is 10. The van der Waals surface area contributed by atoms with Crippen molar-refractivity contribution in [3.05, 3.63) is 129 Å². The highest BCUT2D eigenvalue weighted by molar-refractivity contribution is 7.90. The molecule has 1 saturated heterocycles. The van der Waals surface area contributed by atoms with Gasteiger partial charge in [0.15, 0.2) is 0 Å². The van der Waals surface area contributed by atoms with Crippen LogP contribution in [0, 0.1) is 15.5 Å². The number of halogens is 2. The molecule has 16 heteroatoms. The third-order valence-corrected chi connectivity index (χ3v) is 13.6. The van der Waals surface area contributed by atoms with Crippen LogP contribution >= 0.6 is 11.6 Å². The van der Waals surface area contributed by atoms with Crippen LogP contribution in [-0.4, -0.2) is 79.2 Å². The molecule has 1 aliphatic carbocycles. The molecule has 1 fully saturated rings. The van der Waals surface area contributed by atoms with Crippen molar-refractivity contribution in [3.63, 3.8) is 0 Å². The second kappa shape index (κ2) is 17.6. The van der Waals surface area contributed by atoms with Crippen LogP contribution in [0.15, 0.2) is 102 Å². The summed E-state index contributed by atoms with van der Waals surface area (Å²) in [6.07, 6.45) is 9.54. The van der Waals surface area contributed by atoms with Crippen LogP contribution < -0.4 is 14.8 Å². The lowest BCUT2D eigenvalue weighted by molar-refractivity contribution is -0.384. The van der Waals surface area contributed by atoms with Crippen molar-refractivity contribution >= 4 is 61.1 Å². The van der Waals surface area contributed by atoms with Crippen LogP contribution in [0.25, 0.3) is 22.2 Å². The Labute approximate surface area is 364 Å². The third kappa shape index (κ3) is 9.86. The zero-order chi connectivity index (χ0) is 43.6. The number of alkyl halides is 1. The van der Waals surface area contributed by atoms with Gasteiger partial charge in [-0.25, -0.2) is 22.5 Å². The van der Waals surface area contributed by atoms with Gasteiger partial charge >= 0.3 is 0 Å². The van der Waals surface area contributed by atoms with Crippen molar-refractivity contribution in [2.45, 2.75) is 62.9 Å². The Morgan fingerprint density at radius 1 is 1.03 bits per heavy atom. The maximum atomic E-state index is 15.2. The second-order valence-corrected chi connectivity index (χ2v) is 19.2. The van der Waals surface area contributed by atoms with E-state index in [0.717, 1.165) is 67.4 Å². The van der Waals surface area contributed by atoms with E-state index >= 15 is 4.39 Å². The number of rotatable bonds is 13. The second-order valence-electron chi connectivity index (χ2n) is 17.0. The molecule has 3 aromatic carbocycles. The Hall–Kier alpha value is -5.61. The predicted molar refractivity (Wildman–Crippen MR) is 238 cm³/mol. The number of pyridine rings is 1. The first kappa shape index (κ1) is 43.1. The van der Waals surface area contributed by atoms with Gasteiger partial charge < -0.3 is 19.8 Å². The van der Waals surface area contributed by atoms with Crippen molar-refractivity contribution in [3.8, 4) is 11.5 Å². The number of sulfonamides is 1. The van der Waals surface area contributed by atoms with E-state index in [4.69, 9.17) is 21.1 Å². The lowest BCUT2D eigenvalue weighted by Gasteiger charge is -2.36. The molecular formula is C46H48ClFN6O7S. The number of hydrogen-bond donors (Lipinski definition) is 3. The highest BCUT2D eigenvalue weighted by Gasteiger charge is 2.34. The summed E-state index contributed by atoms with van der Waals surface area (Å²) in [7, 11) is -4.64. The number of amides is 1. The number of fused-ring (bicyclic) bond motifs is 1. The Morgan fingerprint density at radius 3 is 2.55 bits per heavy atom. The molecule has 13 nitrogen and oxygen atoms in total. The molecule has 324 valence electrons. The summed E-state index contributed by atoms with van der Waals surface area (Å²) in [5, 5.41) is 16.3. The standard InChI is InChI=1S/C46H48ClFN6O7S/c1-45(2)15-11-34(39(26-45)31-3-6-35(47)7-4-31)28-53-19-13-30(14-20-53)32-5-9-38(42(24-32)61-36-23-33-12-18-49-43(33)50-27-36)44(55)52-62(58,59)37-8-10-40(41(25-37)54(56)57)51-29-46(48)16-21-60-22-17-46/h3-10,12-13,18,23-25,27,51H,11,14-17,19-22,26,28-29H2,1-2H3,(H,49,50)(H,52,55). The quantitative estimate of drug-likeness (QED) is 0.0765. The summed E-state index contributed by atoms with van der Waals surface area (Å²) in [4.78, 5) is 34.5. The maximum absolute atomic E-state index is 15.2. The number of aromatic amines is 1. The van der Waals surface area contributed by atoms with Gasteiger partial charge in [0.25, 0.3) is 21.6 Å². The number of H-pyrrole nitrogens is 1. The number of nitrogens with one attached hydrogen (secondary N) is 3. The summed E-state index contributed by atoms with van der Waals surface area (Å²) in [6.45, 7) is 7.25. The van der Waals surface area contributed by atoms with Crippen LogP contribution in [0.1, 0.15) is 73.9 Å². The number of anilines is 1. The van der Waals surface area contributed by atoms with Gasteiger partial charge in [-0.1, -0.05) is 55.3 Å². The molecule has 0 radical (unpaired) electrons. The minimum atomic E-state index is -4.64. The molecule has 0 unspecified atom stereocenters. The van der Waals surface area contributed by atoms with E-state index in [0.29, 0.717) is 23.0 Å². The first-order valence-corrected chi connectivity index (χ1v) is 22.5. The van der Waals surface area contributed by atoms with Gasteiger partial charge in [-0.2, -0.15) is 0 Å². The predicted octanol–water partition coefficient (Wildman–Crippen LogP) is 9.72. The number of aromatic nitrogens is 2. The maximum Gasteiger partial charge on any atom is 0.293 e. The monoisotopic (exact) mass is 882 g/mol. The van der Waals surface area contributed by atoms with E-state index < -0.39 is 37.1 Å². The molecule has 2 aromatic heterocycles. The lowest BCUT2D eigenvalue weighted by atomic mass is 9.72. The average molecular weight is 883 g/mol. The average Bonchev–Trinajstić information content (AvgIpc) is 3.72. The fourth-order valence-electron chi connectivity index (χ4n) is 8.33. The molecule has 0 bridgehead atoms. The normalized spacial score (nSPS) is 18.0. The van der Waals surface area contributed by atoms with Crippen LogP contribution in [0.2, 0.25) is 5.02 Å². The number of nitrogens with zero attached hydrogens (tertiary/aromatic N) is 3. The highest BCUT2D eigenvalue weighted by Crippen LogP contribution is 2.44. The fraction of sp³-hybridized carbons (Fsp3) is 0.348. The Balaban J connectivity index is 1.03. The summed E-state index contributed by atoms with van der Waals surface area (Å²) in [5.41, 5.74) is 4.41. The van der Waals surface area contributed by atoms with E-state index in [1.54, 1.807) is 24.4 Å². The van der Waals surface area contributed by atoms with Gasteiger partial charge in [-0.15, -0.1) is 0 Å². The third-order valence-electron chi connectivity index (χ3n) is 12.0. The number of benzene rings is 3. The molecule has 62 heavy (non-hydrogen) atoms. The Kier molecular flexibility index (Phi) is 12.2. The van der Waals surface area contributed by atoms with E-state index in [2.05, 4.69) is 57.0 Å². The SMILES string of the molecule is CC1(C)CCC(CN2CC=C(c3ccc(C(=O)NS(=O)(=O)c4ccc(NCC5(F)CCOCC5)c([N+](=O)[O-])c4)c(Oc4cnc5[nH]ccc5c4)c3)CC2)=C(c2ccc(Cl)cc2)C1. The zero-order valence-electron chi connectivity index (χ0n) is 34.5. The topological polar surface area (TPSA) is 169 Å². The number of ether oxygens (including phenoxy) is 2. The number of carbonyl (C=O) groups excluding carboxylic acids is 1. The minimum Gasteiger partial charge on any atom is -0.455 e. The summed E-state index contributed by atoms with van der Waals surface area (Å²) in [6, 6.07) is 19.8. The van der Waals surface area contributed by atoms with E-state index in [-0.39, 0.29) is 55.0 Å². The first-order chi connectivity index (χ1) is 29.6. The van der Waals surface area contributed by atoms with Crippen LogP contribution in [0.3, 0.4) is 0 Å². The van der Waals surface area contributed by atoms with Crippen molar-refractivity contribution in [1.29, 1.82) is 0 Å². The molecule has 8 rings (SSSR count). The molecule has 0 spiro atoms. The number of carbonyl (C=O) groups is 1. The van der Waals surface area contributed by atoms with Crippen molar-refractivity contribution in [2.75, 3.05) is 44.7 Å². The van der Waals surface area contributed by atoms with Gasteiger partial charge in [0, 0.05) is 74.9 Å². The molecule has 3 aliphatic rings. The zero-order valence-corrected chi connectivity index (χ0v) is 36.1. The van der Waals surface area contributed by atoms with Gasteiger partial charge in [0.2, 0.25) is 0 Å². The van der Waals surface area contributed by atoms with Crippen LogP contribution in [0.5, 0.6) is 11.5 Å². The molecule has 2 aliphatic heterocycles. The van der Waals surface area contributed by atoms with Gasteiger partial charge in [-0.3, -0.25) is 19.8 Å². The highest BCUT2D eigenvalue weighted by atomic mass is 35.5. The molecule has 0 atom stereocenters. The van der Waals surface area contributed by atoms with E-state index in [9.17, 15) is 23.3 Å². The van der Waals surface area contributed by atoms with Gasteiger partial charge in [0.05, 0.1) is 21.6 Å². The summed E-state index contributed by atoms with van der Waals surface area (Å²) in [5.74, 6) is -0.586. The van der Waals surface area contributed by atoms with E-state index in [1.165, 1.54) is 35.0 Å². The van der Waals surface area contributed by atoms with Gasteiger partial charge in [0.1, 0.15) is 28.5 Å². The summed E-state index contributed by atoms with van der Waals surface area (Å²) >= 11 is 6.23. The molecule has 0 saturated carbocycles. The number of nitro benzene ring substituents is 1. The molecule has 4 heterocycles. The van der Waals surface area contributed by atoms with Crippen molar-refractivity contribution < 1.29 is 32.0 Å². The number of allylic oxidation sites excluding steroid dienone is 1. The number of nitro groups is 1. The van der Waals surface area contributed by atoms with Crippen molar-refractivity contribution in [2.24, 2.45) is 5.41 Å². The Bertz CT molecular complexity index is 2690. The molecule has 1 amide bonds. The molecule has 5 aromatic rings. The first-order valence-electron chi connectivity index (χ1n) is 20.6. The Morgan fingerprint density at radius 2 is 1.81 bits per heavy atom. The fourth-order valence-corrected chi connectivity index (χ4v) is 9.44. The smallest absolute Gasteiger partial charge is 0.293 e. The van der Waals surface area contributed by atoms with Crippen LogP contribution in [-0.2, 0) is 14.8 Å². The van der Waals surface area contributed by atoms with Crippen LogP contribution in [0.4, 0.5) is 15.8 Å².